The summed E-state index contributed by atoms with van der Waals surface area (Å²) in [6.07, 6.45) is 4.47. The Labute approximate surface area is 207 Å². The van der Waals surface area contributed by atoms with E-state index in [2.05, 4.69) is 51.9 Å². The number of rotatable bonds is 9. The largest absolute Gasteiger partial charge is 0.454 e. The molecular weight excluding hydrogens is 438 g/mol. The molecule has 6 nitrogen and oxygen atoms in total. The fourth-order valence-electron chi connectivity index (χ4n) is 4.76. The molecule has 0 bridgehead atoms. The summed E-state index contributed by atoms with van der Waals surface area (Å²) in [5, 5.41) is 6.77. The van der Waals surface area contributed by atoms with Gasteiger partial charge in [-0.1, -0.05) is 42.5 Å². The number of carbonyl (C=O) groups excluding carboxylic acids is 1. The molecule has 0 aliphatic carbocycles. The van der Waals surface area contributed by atoms with Crippen LogP contribution in [0.25, 0.3) is 0 Å². The van der Waals surface area contributed by atoms with Crippen molar-refractivity contribution < 1.29 is 14.3 Å². The van der Waals surface area contributed by atoms with Crippen LogP contribution in [0.5, 0.6) is 11.5 Å². The Bertz CT molecular complexity index is 1130. The van der Waals surface area contributed by atoms with Crippen LogP contribution in [0, 0.1) is 0 Å². The maximum Gasteiger partial charge on any atom is 0.231 e. The highest BCUT2D eigenvalue weighted by molar-refractivity contribution is 5.91. The van der Waals surface area contributed by atoms with E-state index in [1.54, 1.807) is 0 Å². The zero-order valence-electron chi connectivity index (χ0n) is 20.0. The number of nitrogens with one attached hydrogen (secondary N) is 2. The van der Waals surface area contributed by atoms with Crippen LogP contribution < -0.4 is 25.0 Å². The van der Waals surface area contributed by atoms with E-state index < -0.39 is 0 Å². The summed E-state index contributed by atoms with van der Waals surface area (Å²) in [6.45, 7) is 3.12. The predicted molar refractivity (Wildman–Crippen MR) is 139 cm³/mol. The van der Waals surface area contributed by atoms with Crippen molar-refractivity contribution in [3.63, 3.8) is 0 Å². The molecule has 182 valence electrons. The lowest BCUT2D eigenvalue weighted by molar-refractivity contribution is -0.116. The third-order valence-corrected chi connectivity index (χ3v) is 6.73. The van der Waals surface area contributed by atoms with E-state index in [-0.39, 0.29) is 5.91 Å². The Morgan fingerprint density at radius 1 is 0.886 bits per heavy atom. The fraction of sp³-hybridized carbons (Fsp3) is 0.345. The van der Waals surface area contributed by atoms with Crippen molar-refractivity contribution in [2.75, 3.05) is 30.1 Å². The number of piperidine rings is 1. The number of ether oxygens (including phenoxy) is 2. The summed E-state index contributed by atoms with van der Waals surface area (Å²) in [5.41, 5.74) is 4.52. The van der Waals surface area contributed by atoms with Gasteiger partial charge in [0.15, 0.2) is 11.5 Å². The van der Waals surface area contributed by atoms with E-state index in [9.17, 15) is 4.79 Å². The molecule has 3 aromatic rings. The number of aryl methyl sites for hydroxylation is 1. The van der Waals surface area contributed by atoms with Crippen molar-refractivity contribution in [2.24, 2.45) is 0 Å². The van der Waals surface area contributed by atoms with Crippen molar-refractivity contribution in [1.29, 1.82) is 0 Å². The van der Waals surface area contributed by atoms with Crippen LogP contribution in [-0.2, 0) is 17.8 Å². The predicted octanol–water partition coefficient (Wildman–Crippen LogP) is 5.14. The van der Waals surface area contributed by atoms with E-state index in [0.29, 0.717) is 19.3 Å². The molecule has 35 heavy (non-hydrogen) atoms. The van der Waals surface area contributed by atoms with Crippen molar-refractivity contribution in [1.82, 2.24) is 5.32 Å². The number of nitrogens with zero attached hydrogens (tertiary/aromatic N) is 1. The molecule has 1 saturated heterocycles. The van der Waals surface area contributed by atoms with Crippen LogP contribution in [0.1, 0.15) is 36.8 Å². The number of amides is 1. The molecule has 2 N–H and O–H groups in total. The second-order valence-electron chi connectivity index (χ2n) is 9.27. The molecule has 0 radical (unpaired) electrons. The van der Waals surface area contributed by atoms with Gasteiger partial charge in [0, 0.05) is 43.5 Å². The molecule has 3 aromatic carbocycles. The van der Waals surface area contributed by atoms with Gasteiger partial charge >= 0.3 is 0 Å². The van der Waals surface area contributed by atoms with Gasteiger partial charge in [-0.2, -0.15) is 0 Å². The molecule has 2 aliphatic rings. The van der Waals surface area contributed by atoms with E-state index >= 15 is 0 Å². The molecule has 0 aromatic heterocycles. The lowest BCUT2D eigenvalue weighted by Gasteiger charge is -2.34. The molecule has 1 amide bonds. The Morgan fingerprint density at radius 2 is 1.71 bits per heavy atom. The highest BCUT2D eigenvalue weighted by Gasteiger charge is 2.20. The number of hydrogen-bond donors (Lipinski definition) is 2. The van der Waals surface area contributed by atoms with Crippen LogP contribution in [0.15, 0.2) is 72.8 Å². The average Bonchev–Trinajstić information content (AvgIpc) is 3.37. The lowest BCUT2D eigenvalue weighted by Crippen LogP contribution is -2.42. The topological polar surface area (TPSA) is 62.8 Å². The van der Waals surface area contributed by atoms with Crippen molar-refractivity contribution in [3.8, 4) is 11.5 Å². The molecule has 0 saturated carbocycles. The van der Waals surface area contributed by atoms with Crippen LogP contribution in [-0.4, -0.2) is 31.8 Å². The standard InChI is InChI=1S/C29H33N3O3/c33-29(11-4-8-22-6-2-1-3-7-22)31-25-9-5-10-26(19-25)32-16-14-24(15-17-32)30-20-23-12-13-27-28(18-23)35-21-34-27/h1-3,5-7,9-10,12-13,18-19,24,30H,4,8,11,14-17,20-21H2,(H,31,33). The second-order valence-corrected chi connectivity index (χ2v) is 9.27. The first-order valence-corrected chi connectivity index (χ1v) is 12.5. The molecular formula is C29H33N3O3. The van der Waals surface area contributed by atoms with Gasteiger partial charge in [-0.05, 0) is 67.1 Å². The summed E-state index contributed by atoms with van der Waals surface area (Å²) in [5.74, 6) is 1.74. The first-order chi connectivity index (χ1) is 17.2. The molecule has 1 fully saturated rings. The summed E-state index contributed by atoms with van der Waals surface area (Å²) >= 11 is 0. The number of carbonyl (C=O) groups is 1. The zero-order chi connectivity index (χ0) is 23.9. The zero-order valence-corrected chi connectivity index (χ0v) is 20.0. The Kier molecular flexibility index (Phi) is 7.49. The first-order valence-electron chi connectivity index (χ1n) is 12.5. The average molecular weight is 472 g/mol. The van der Waals surface area contributed by atoms with Gasteiger partial charge in [0.1, 0.15) is 0 Å². The van der Waals surface area contributed by atoms with Crippen molar-refractivity contribution in [3.05, 3.63) is 83.9 Å². The minimum atomic E-state index is 0.0736. The van der Waals surface area contributed by atoms with Gasteiger partial charge in [0.25, 0.3) is 0 Å². The van der Waals surface area contributed by atoms with Crippen LogP contribution in [0.3, 0.4) is 0 Å². The quantitative estimate of drug-likeness (QED) is 0.453. The van der Waals surface area contributed by atoms with Gasteiger partial charge < -0.3 is 25.0 Å². The highest BCUT2D eigenvalue weighted by Crippen LogP contribution is 2.32. The molecule has 5 rings (SSSR count). The van der Waals surface area contributed by atoms with E-state index in [1.807, 2.05) is 36.4 Å². The summed E-state index contributed by atoms with van der Waals surface area (Å²) < 4.78 is 10.9. The fourth-order valence-corrected chi connectivity index (χ4v) is 4.76. The molecule has 6 heteroatoms. The third kappa shape index (κ3) is 6.34. The van der Waals surface area contributed by atoms with Crippen molar-refractivity contribution in [2.45, 2.75) is 44.7 Å². The van der Waals surface area contributed by atoms with Gasteiger partial charge in [-0.25, -0.2) is 0 Å². The third-order valence-electron chi connectivity index (χ3n) is 6.73. The lowest BCUT2D eigenvalue weighted by atomic mass is 10.0. The maximum atomic E-state index is 12.4. The molecule has 0 atom stereocenters. The van der Waals surface area contributed by atoms with Gasteiger partial charge in [-0.15, -0.1) is 0 Å². The monoisotopic (exact) mass is 471 g/mol. The van der Waals surface area contributed by atoms with E-state index in [4.69, 9.17) is 9.47 Å². The minimum Gasteiger partial charge on any atom is -0.454 e. The number of fused-ring (bicyclic) bond motifs is 1. The molecule has 0 spiro atoms. The Morgan fingerprint density at radius 3 is 2.57 bits per heavy atom. The van der Waals surface area contributed by atoms with Gasteiger partial charge in [0.2, 0.25) is 12.7 Å². The first kappa shape index (κ1) is 23.2. The van der Waals surface area contributed by atoms with Gasteiger partial charge in [-0.3, -0.25) is 4.79 Å². The number of hydrogen-bond acceptors (Lipinski definition) is 5. The normalized spacial score (nSPS) is 15.3. The summed E-state index contributed by atoms with van der Waals surface area (Å²) in [7, 11) is 0. The minimum absolute atomic E-state index is 0.0736. The maximum absolute atomic E-state index is 12.4. The van der Waals surface area contributed by atoms with Crippen LogP contribution >= 0.6 is 0 Å². The summed E-state index contributed by atoms with van der Waals surface area (Å²) in [4.78, 5) is 14.8. The smallest absolute Gasteiger partial charge is 0.231 e. The van der Waals surface area contributed by atoms with Crippen LogP contribution in [0.2, 0.25) is 0 Å². The second kappa shape index (κ2) is 11.3. The molecule has 0 unspecified atom stereocenters. The summed E-state index contributed by atoms with van der Waals surface area (Å²) in [6, 6.07) is 25.2. The molecule has 2 heterocycles. The highest BCUT2D eigenvalue weighted by atomic mass is 16.7. The number of anilines is 2. The Balaban J connectivity index is 1.06. The number of benzene rings is 3. The van der Waals surface area contributed by atoms with E-state index in [1.165, 1.54) is 16.8 Å². The van der Waals surface area contributed by atoms with E-state index in [0.717, 1.165) is 62.5 Å². The van der Waals surface area contributed by atoms with Crippen molar-refractivity contribution >= 4 is 17.3 Å². The molecule has 2 aliphatic heterocycles. The SMILES string of the molecule is O=C(CCCc1ccccc1)Nc1cccc(N2CCC(NCc3ccc4c(c3)OCO4)CC2)c1. The van der Waals surface area contributed by atoms with Crippen LogP contribution in [0.4, 0.5) is 11.4 Å². The Hall–Kier alpha value is -3.51. The van der Waals surface area contributed by atoms with Gasteiger partial charge in [0.05, 0.1) is 0 Å².